The minimum Gasteiger partial charge on any atom is -0.462 e. The minimum atomic E-state index is -0.653. The topological polar surface area (TPSA) is 119 Å². The van der Waals surface area contributed by atoms with E-state index in [1.807, 2.05) is 19.9 Å². The summed E-state index contributed by atoms with van der Waals surface area (Å²) in [6.07, 6.45) is 3.09. The van der Waals surface area contributed by atoms with Crippen LogP contribution >= 0.6 is 11.3 Å². The number of unbranched alkanes of at least 4 members (excludes halogenated alkanes) is 1. The number of nitrogens with zero attached hydrogens (tertiary/aromatic N) is 2. The summed E-state index contributed by atoms with van der Waals surface area (Å²) in [7, 11) is 0. The van der Waals surface area contributed by atoms with Crippen molar-refractivity contribution in [3.63, 3.8) is 0 Å². The van der Waals surface area contributed by atoms with E-state index in [0.29, 0.717) is 35.7 Å². The maximum absolute atomic E-state index is 13.5. The van der Waals surface area contributed by atoms with E-state index < -0.39 is 23.3 Å². The van der Waals surface area contributed by atoms with Crippen molar-refractivity contribution >= 4 is 45.5 Å². The van der Waals surface area contributed by atoms with E-state index in [4.69, 9.17) is 4.74 Å². The molecule has 196 valence electrons. The monoisotopic (exact) mass is 532 g/mol. The molecule has 0 saturated heterocycles. The van der Waals surface area contributed by atoms with Gasteiger partial charge in [-0.3, -0.25) is 14.4 Å². The first-order valence-corrected chi connectivity index (χ1v) is 13.2. The lowest BCUT2D eigenvalue weighted by atomic mass is 10.2. The van der Waals surface area contributed by atoms with Gasteiger partial charge in [-0.25, -0.2) is 14.2 Å². The Morgan fingerprint density at radius 3 is 2.29 bits per heavy atom. The molecule has 2 heterocycles. The van der Waals surface area contributed by atoms with Gasteiger partial charge in [0.2, 0.25) is 0 Å². The lowest BCUT2D eigenvalue weighted by molar-refractivity contribution is 0.0499. The molecule has 4 aromatic rings. The van der Waals surface area contributed by atoms with Gasteiger partial charge in [0.05, 0.1) is 12.2 Å². The number of thiazole rings is 1. The van der Waals surface area contributed by atoms with Crippen LogP contribution in [0.1, 0.15) is 69.3 Å². The van der Waals surface area contributed by atoms with E-state index in [1.165, 1.54) is 10.5 Å². The lowest BCUT2D eigenvalue weighted by Gasteiger charge is -2.09. The first-order chi connectivity index (χ1) is 18.4. The normalized spacial score (nSPS) is 10.8. The molecule has 4 rings (SSSR count). The number of aromatic nitrogens is 2. The summed E-state index contributed by atoms with van der Waals surface area (Å²) in [5, 5.41) is 5.50. The highest BCUT2D eigenvalue weighted by atomic mass is 32.1. The SMILES string of the molecule is CCCCOC(=O)c1ccc(NC(=O)c2c(C(=O)Nc3ccccc3)sc3nc(CCC)cc(=O)n23)cc1. The molecular formula is C28H28N4O5S. The van der Waals surface area contributed by atoms with Gasteiger partial charge in [-0.15, -0.1) is 0 Å². The van der Waals surface area contributed by atoms with Crippen LogP contribution in [-0.2, 0) is 11.2 Å². The zero-order valence-electron chi connectivity index (χ0n) is 21.2. The first-order valence-electron chi connectivity index (χ1n) is 12.4. The van der Waals surface area contributed by atoms with E-state index >= 15 is 0 Å². The quantitative estimate of drug-likeness (QED) is 0.215. The fourth-order valence-corrected chi connectivity index (χ4v) is 4.79. The number of fused-ring (bicyclic) bond motifs is 1. The smallest absolute Gasteiger partial charge is 0.338 e. The van der Waals surface area contributed by atoms with Gasteiger partial charge in [0.1, 0.15) is 10.6 Å². The zero-order chi connectivity index (χ0) is 27.1. The fraction of sp³-hybridized carbons (Fsp3) is 0.250. The Balaban J connectivity index is 1.66. The van der Waals surface area contributed by atoms with Crippen molar-refractivity contribution in [2.24, 2.45) is 0 Å². The molecule has 10 heteroatoms. The lowest BCUT2D eigenvalue weighted by Crippen LogP contribution is -2.25. The van der Waals surface area contributed by atoms with Crippen LogP contribution < -0.4 is 16.2 Å². The molecular weight excluding hydrogens is 504 g/mol. The predicted octanol–water partition coefficient (Wildman–Crippen LogP) is 5.17. The third-order valence-corrected chi connectivity index (χ3v) is 6.68. The third-order valence-electron chi connectivity index (χ3n) is 5.64. The highest BCUT2D eigenvalue weighted by molar-refractivity contribution is 7.19. The molecule has 2 aromatic heterocycles. The van der Waals surface area contributed by atoms with Crippen molar-refractivity contribution in [2.75, 3.05) is 17.2 Å². The van der Waals surface area contributed by atoms with Gasteiger partial charge < -0.3 is 15.4 Å². The number of carbonyl (C=O) groups excluding carboxylic acids is 3. The second-order valence-electron chi connectivity index (χ2n) is 8.57. The number of amides is 2. The van der Waals surface area contributed by atoms with Crippen LogP contribution in [0.5, 0.6) is 0 Å². The first kappa shape index (κ1) is 26.7. The Bertz CT molecular complexity index is 1510. The summed E-state index contributed by atoms with van der Waals surface area (Å²) < 4.78 is 6.38. The fourth-order valence-electron chi connectivity index (χ4n) is 3.75. The largest absolute Gasteiger partial charge is 0.462 e. The molecule has 0 bridgehead atoms. The minimum absolute atomic E-state index is 0.0562. The van der Waals surface area contributed by atoms with Crippen LogP contribution in [0.3, 0.4) is 0 Å². The third kappa shape index (κ3) is 6.15. The van der Waals surface area contributed by atoms with Crippen LogP contribution in [0.4, 0.5) is 11.4 Å². The van der Waals surface area contributed by atoms with Crippen molar-refractivity contribution in [3.05, 3.63) is 92.8 Å². The summed E-state index contributed by atoms with van der Waals surface area (Å²) in [5.41, 5.74) is 1.34. The molecule has 0 fully saturated rings. The molecule has 38 heavy (non-hydrogen) atoms. The van der Waals surface area contributed by atoms with Crippen LogP contribution in [0, 0.1) is 0 Å². The number of rotatable bonds is 10. The summed E-state index contributed by atoms with van der Waals surface area (Å²) in [5.74, 6) is -1.63. The summed E-state index contributed by atoms with van der Waals surface area (Å²) in [6.45, 7) is 4.33. The maximum atomic E-state index is 13.5. The molecule has 0 atom stereocenters. The second-order valence-corrected chi connectivity index (χ2v) is 9.55. The molecule has 0 spiro atoms. The van der Waals surface area contributed by atoms with Crippen molar-refractivity contribution in [2.45, 2.75) is 39.5 Å². The van der Waals surface area contributed by atoms with Gasteiger partial charge in [0, 0.05) is 23.1 Å². The average molecular weight is 533 g/mol. The molecule has 0 aliphatic rings. The summed E-state index contributed by atoms with van der Waals surface area (Å²) in [4.78, 5) is 56.7. The Morgan fingerprint density at radius 1 is 0.921 bits per heavy atom. The van der Waals surface area contributed by atoms with Gasteiger partial charge in [-0.05, 0) is 49.2 Å². The number of nitrogens with one attached hydrogen (secondary N) is 2. The number of aryl methyl sites for hydroxylation is 1. The molecule has 0 unspecified atom stereocenters. The van der Waals surface area contributed by atoms with Crippen molar-refractivity contribution < 1.29 is 19.1 Å². The number of benzene rings is 2. The average Bonchev–Trinajstić information content (AvgIpc) is 3.30. The van der Waals surface area contributed by atoms with Crippen molar-refractivity contribution in [1.29, 1.82) is 0 Å². The standard InChI is InChI=1S/C28H28N4O5S/c1-3-5-16-37-27(36)18-12-14-20(15-13-18)29-25(34)23-24(26(35)30-19-10-7-6-8-11-19)38-28-31-21(9-4-2)17-22(33)32(23)28/h6-8,10-15,17H,3-5,9,16H2,1-2H3,(H,29,34)(H,30,35). The molecule has 0 aliphatic heterocycles. The number of anilines is 2. The van der Waals surface area contributed by atoms with E-state index in [1.54, 1.807) is 48.5 Å². The number of hydrogen-bond donors (Lipinski definition) is 2. The van der Waals surface area contributed by atoms with Gasteiger partial charge in [-0.1, -0.05) is 56.2 Å². The number of hydrogen-bond acceptors (Lipinski definition) is 7. The van der Waals surface area contributed by atoms with Gasteiger partial charge in [0.15, 0.2) is 4.96 Å². The van der Waals surface area contributed by atoms with Gasteiger partial charge in [-0.2, -0.15) is 0 Å². The molecule has 0 aliphatic carbocycles. The van der Waals surface area contributed by atoms with E-state index in [-0.39, 0.29) is 15.5 Å². The number of carbonyl (C=O) groups is 3. The highest BCUT2D eigenvalue weighted by Gasteiger charge is 2.26. The summed E-state index contributed by atoms with van der Waals surface area (Å²) in [6, 6.07) is 16.4. The highest BCUT2D eigenvalue weighted by Crippen LogP contribution is 2.24. The number of ether oxygens (including phenoxy) is 1. The maximum Gasteiger partial charge on any atom is 0.338 e. The van der Waals surface area contributed by atoms with Crippen LogP contribution in [0.2, 0.25) is 0 Å². The van der Waals surface area contributed by atoms with E-state index in [9.17, 15) is 19.2 Å². The molecule has 0 saturated carbocycles. The number of para-hydroxylation sites is 1. The number of esters is 1. The predicted molar refractivity (Wildman–Crippen MR) is 147 cm³/mol. The Morgan fingerprint density at radius 2 is 1.61 bits per heavy atom. The van der Waals surface area contributed by atoms with Crippen molar-refractivity contribution in [3.8, 4) is 0 Å². The van der Waals surface area contributed by atoms with Crippen LogP contribution in [-0.4, -0.2) is 33.8 Å². The molecule has 2 N–H and O–H groups in total. The Labute approximate surface area is 223 Å². The van der Waals surface area contributed by atoms with E-state index in [2.05, 4.69) is 15.6 Å². The molecule has 2 aromatic carbocycles. The molecule has 2 amide bonds. The molecule has 9 nitrogen and oxygen atoms in total. The summed E-state index contributed by atoms with van der Waals surface area (Å²) >= 11 is 0.978. The Kier molecular flexibility index (Phi) is 8.65. The van der Waals surface area contributed by atoms with E-state index in [0.717, 1.165) is 30.6 Å². The Hall–Kier alpha value is -4.31. The van der Waals surface area contributed by atoms with Crippen molar-refractivity contribution in [1.82, 2.24) is 9.38 Å². The second kappa shape index (κ2) is 12.3. The van der Waals surface area contributed by atoms with Gasteiger partial charge >= 0.3 is 5.97 Å². The van der Waals surface area contributed by atoms with Gasteiger partial charge in [0.25, 0.3) is 17.4 Å². The molecule has 0 radical (unpaired) electrons. The van der Waals surface area contributed by atoms with Crippen LogP contribution in [0.25, 0.3) is 4.96 Å². The van der Waals surface area contributed by atoms with Crippen LogP contribution in [0.15, 0.2) is 65.5 Å². The zero-order valence-corrected chi connectivity index (χ0v) is 22.0.